The van der Waals surface area contributed by atoms with Crippen LogP contribution in [0.1, 0.15) is 27.7 Å². The normalized spacial score (nSPS) is 26.5. The van der Waals surface area contributed by atoms with Crippen molar-refractivity contribution in [3.05, 3.63) is 24.3 Å². The zero-order chi connectivity index (χ0) is 27.0. The van der Waals surface area contributed by atoms with Gasteiger partial charge in [0.1, 0.15) is 41.9 Å². The van der Waals surface area contributed by atoms with E-state index in [-0.39, 0.29) is 18.3 Å². The van der Waals surface area contributed by atoms with Gasteiger partial charge in [0.2, 0.25) is 5.91 Å². The maximum atomic E-state index is 13.8. The van der Waals surface area contributed by atoms with E-state index in [1.54, 1.807) is 32.9 Å². The summed E-state index contributed by atoms with van der Waals surface area (Å²) in [5.74, 6) is -0.961. The summed E-state index contributed by atoms with van der Waals surface area (Å²) in [7, 11) is -2.86. The molecule has 13 nitrogen and oxygen atoms in total. The second kappa shape index (κ2) is 13.3. The Morgan fingerprint density at radius 3 is 2.25 bits per heavy atom. The van der Waals surface area contributed by atoms with E-state index in [4.69, 9.17) is 23.3 Å². The third-order valence-electron chi connectivity index (χ3n) is 5.29. The molecule has 0 radical (unpaired) electrons. The minimum Gasteiger partial charge on any atom is -0.497 e. The van der Waals surface area contributed by atoms with Crippen LogP contribution in [0, 0.1) is 5.92 Å². The van der Waals surface area contributed by atoms with Gasteiger partial charge in [-0.1, -0.05) is 13.8 Å². The molecule has 1 heterocycles. The fourth-order valence-corrected chi connectivity index (χ4v) is 5.05. The Labute approximate surface area is 209 Å². The molecule has 1 fully saturated rings. The van der Waals surface area contributed by atoms with Gasteiger partial charge in [-0.2, -0.15) is 5.09 Å². The van der Waals surface area contributed by atoms with Crippen molar-refractivity contribution in [3.63, 3.8) is 0 Å². The van der Waals surface area contributed by atoms with Crippen LogP contribution in [0.15, 0.2) is 24.3 Å². The molecule has 2 rings (SSSR count). The highest BCUT2D eigenvalue weighted by Crippen LogP contribution is 2.46. The molecule has 0 aliphatic carbocycles. The number of esters is 1. The van der Waals surface area contributed by atoms with E-state index in [0.717, 1.165) is 0 Å². The molecule has 0 spiro atoms. The summed E-state index contributed by atoms with van der Waals surface area (Å²) < 4.78 is 40.3. The van der Waals surface area contributed by atoms with Crippen molar-refractivity contribution in [1.29, 1.82) is 0 Å². The van der Waals surface area contributed by atoms with Gasteiger partial charge in [0, 0.05) is 6.92 Å². The number of hydrogen-bond donors (Lipinski definition) is 5. The first kappa shape index (κ1) is 30.0. The topological polar surface area (TPSA) is 182 Å². The minimum atomic E-state index is -4.34. The summed E-state index contributed by atoms with van der Waals surface area (Å²) >= 11 is 0. The van der Waals surface area contributed by atoms with Gasteiger partial charge in [0.15, 0.2) is 6.29 Å². The Morgan fingerprint density at radius 2 is 1.72 bits per heavy atom. The van der Waals surface area contributed by atoms with E-state index in [9.17, 15) is 29.5 Å². The minimum absolute atomic E-state index is 0.0988. The summed E-state index contributed by atoms with van der Waals surface area (Å²) in [6.45, 7) is 5.70. The predicted octanol–water partition coefficient (Wildman–Crippen LogP) is 0.320. The smallest absolute Gasteiger partial charge is 0.459 e. The highest BCUT2D eigenvalue weighted by atomic mass is 31.2. The van der Waals surface area contributed by atoms with E-state index in [2.05, 4.69) is 10.4 Å². The SMILES string of the molecule is CCOC(=O)[C@@H](NP(=O)(OC[C@H]1O[C@H](O)[C@H](NC(C)=O)[C@@H](O)[C@@H]1O)Oc1ccc(OC)cc1)C(C)C. The van der Waals surface area contributed by atoms with Crippen LogP contribution >= 0.6 is 7.75 Å². The number of hydrogen-bond acceptors (Lipinski definition) is 11. The first-order valence-corrected chi connectivity index (χ1v) is 12.9. The van der Waals surface area contributed by atoms with E-state index in [1.807, 2.05) is 0 Å². The van der Waals surface area contributed by atoms with Crippen molar-refractivity contribution in [2.24, 2.45) is 5.92 Å². The molecule has 1 amide bonds. The molecule has 1 aliphatic rings. The molecular weight excluding hydrogens is 499 g/mol. The molecule has 204 valence electrons. The molecule has 0 saturated carbocycles. The lowest BCUT2D eigenvalue weighted by Crippen LogP contribution is -2.64. The van der Waals surface area contributed by atoms with Crippen LogP contribution < -0.4 is 19.7 Å². The second-order valence-electron chi connectivity index (χ2n) is 8.44. The molecule has 1 unspecified atom stereocenters. The number of rotatable bonds is 12. The molecule has 14 heteroatoms. The monoisotopic (exact) mass is 534 g/mol. The number of carbonyl (C=O) groups excluding carboxylic acids is 2. The van der Waals surface area contributed by atoms with Crippen molar-refractivity contribution in [2.75, 3.05) is 20.3 Å². The highest BCUT2D eigenvalue weighted by Gasteiger charge is 2.46. The standard InChI is InChI=1S/C22H35N2O11P/c1-6-32-21(28)17(12(2)3)24-36(30,35-15-9-7-14(31-5)8-10-15)33-11-16-19(26)20(27)18(22(29)34-16)23-13(4)25/h7-10,12,16-20,22,26-27,29H,6,11H2,1-5H3,(H,23,25)(H,24,30)/t16-,17+,18-,19-,20-,22+,36?/m1/s1. The Balaban J connectivity index is 2.24. The Bertz CT molecular complexity index is 914. The van der Waals surface area contributed by atoms with Crippen molar-refractivity contribution in [1.82, 2.24) is 10.4 Å². The number of methoxy groups -OCH3 is 1. The third-order valence-corrected chi connectivity index (χ3v) is 6.82. The highest BCUT2D eigenvalue weighted by molar-refractivity contribution is 7.52. The average Bonchev–Trinajstić information content (AvgIpc) is 2.82. The first-order valence-electron chi connectivity index (χ1n) is 11.4. The quantitative estimate of drug-likeness (QED) is 0.183. The average molecular weight is 534 g/mol. The van der Waals surface area contributed by atoms with E-state index >= 15 is 0 Å². The lowest BCUT2D eigenvalue weighted by Gasteiger charge is -2.40. The fourth-order valence-electron chi connectivity index (χ4n) is 3.39. The van der Waals surface area contributed by atoms with Crippen LogP contribution in [0.4, 0.5) is 0 Å². The largest absolute Gasteiger partial charge is 0.497 e. The summed E-state index contributed by atoms with van der Waals surface area (Å²) in [6.07, 6.45) is -6.26. The lowest BCUT2D eigenvalue weighted by atomic mass is 9.97. The second-order valence-corrected chi connectivity index (χ2v) is 10.1. The van der Waals surface area contributed by atoms with Gasteiger partial charge in [-0.25, -0.2) is 4.57 Å². The number of nitrogens with one attached hydrogen (secondary N) is 2. The van der Waals surface area contributed by atoms with Gasteiger partial charge in [0.05, 0.1) is 20.3 Å². The number of benzene rings is 1. The van der Waals surface area contributed by atoms with Crippen LogP contribution in [0.25, 0.3) is 0 Å². The van der Waals surface area contributed by atoms with Crippen LogP contribution in [-0.4, -0.2) is 84.2 Å². The molecule has 7 atom stereocenters. The number of amides is 1. The third kappa shape index (κ3) is 8.13. The fraction of sp³-hybridized carbons (Fsp3) is 0.636. The molecular formula is C22H35N2O11P. The van der Waals surface area contributed by atoms with Crippen LogP contribution in [0.2, 0.25) is 0 Å². The Morgan fingerprint density at radius 1 is 1.11 bits per heavy atom. The van der Waals surface area contributed by atoms with Gasteiger partial charge in [0.25, 0.3) is 0 Å². The molecule has 36 heavy (non-hydrogen) atoms. The Hall–Kier alpha value is -2.25. The number of aliphatic hydroxyl groups excluding tert-OH is 3. The molecule has 1 saturated heterocycles. The molecule has 5 N–H and O–H groups in total. The molecule has 0 aromatic heterocycles. The van der Waals surface area contributed by atoms with Crippen LogP contribution in [-0.2, 0) is 28.2 Å². The van der Waals surface area contributed by atoms with Crippen molar-refractivity contribution < 1.29 is 52.7 Å². The molecule has 0 bridgehead atoms. The van der Waals surface area contributed by atoms with Crippen molar-refractivity contribution >= 4 is 19.6 Å². The maximum Gasteiger partial charge on any atom is 0.459 e. The van der Waals surface area contributed by atoms with E-state index < -0.39 is 62.9 Å². The van der Waals surface area contributed by atoms with Gasteiger partial charge in [-0.3, -0.25) is 14.1 Å². The number of aliphatic hydroxyl groups is 3. The zero-order valence-electron chi connectivity index (χ0n) is 20.8. The lowest BCUT2D eigenvalue weighted by molar-refractivity contribution is -0.252. The summed E-state index contributed by atoms with van der Waals surface area (Å²) in [6, 6.07) is 3.71. The van der Waals surface area contributed by atoms with Crippen LogP contribution in [0.3, 0.4) is 0 Å². The van der Waals surface area contributed by atoms with Gasteiger partial charge in [-0.15, -0.1) is 0 Å². The van der Waals surface area contributed by atoms with E-state index in [1.165, 1.54) is 26.2 Å². The zero-order valence-corrected chi connectivity index (χ0v) is 21.7. The summed E-state index contributed by atoms with van der Waals surface area (Å²) in [5.41, 5.74) is 0. The number of ether oxygens (including phenoxy) is 3. The number of carbonyl (C=O) groups is 2. The predicted molar refractivity (Wildman–Crippen MR) is 126 cm³/mol. The van der Waals surface area contributed by atoms with E-state index in [0.29, 0.717) is 5.75 Å². The summed E-state index contributed by atoms with van der Waals surface area (Å²) in [5, 5.41) is 35.9. The first-order chi connectivity index (χ1) is 16.9. The van der Waals surface area contributed by atoms with Crippen molar-refractivity contribution in [2.45, 2.75) is 64.4 Å². The van der Waals surface area contributed by atoms with Gasteiger partial charge in [-0.05, 0) is 37.1 Å². The van der Waals surface area contributed by atoms with Crippen LogP contribution in [0.5, 0.6) is 11.5 Å². The van der Waals surface area contributed by atoms with Gasteiger partial charge < -0.3 is 39.4 Å². The summed E-state index contributed by atoms with van der Waals surface area (Å²) in [4.78, 5) is 23.8. The Kier molecular flexibility index (Phi) is 11.1. The van der Waals surface area contributed by atoms with Crippen molar-refractivity contribution in [3.8, 4) is 11.5 Å². The maximum absolute atomic E-state index is 13.8. The molecule has 1 aliphatic heterocycles. The molecule has 1 aromatic carbocycles. The van der Waals surface area contributed by atoms with Gasteiger partial charge >= 0.3 is 13.7 Å². The molecule has 1 aromatic rings.